The van der Waals surface area contributed by atoms with Gasteiger partial charge in [-0.1, -0.05) is 0 Å². The molecule has 1 rings (SSSR count). The largest absolute Gasteiger partial charge is 0.387 e. The molecule has 1 atom stereocenters. The summed E-state index contributed by atoms with van der Waals surface area (Å²) in [6.07, 6.45) is -0.649. The second-order valence-electron chi connectivity index (χ2n) is 4.37. The van der Waals surface area contributed by atoms with Gasteiger partial charge in [0.05, 0.1) is 11.5 Å². The van der Waals surface area contributed by atoms with E-state index < -0.39 is 11.5 Å². The number of nitrogens with one attached hydrogen (secondary N) is 1. The molecule has 1 aromatic rings. The van der Waals surface area contributed by atoms with Crippen LogP contribution in [0.25, 0.3) is 0 Å². The van der Waals surface area contributed by atoms with Crippen molar-refractivity contribution in [2.45, 2.75) is 20.0 Å². The van der Waals surface area contributed by atoms with Gasteiger partial charge in [-0.3, -0.25) is 4.79 Å². The first-order valence-corrected chi connectivity index (χ1v) is 6.10. The van der Waals surface area contributed by atoms with E-state index >= 15 is 0 Å². The summed E-state index contributed by atoms with van der Waals surface area (Å²) in [6, 6.07) is 1.84. The van der Waals surface area contributed by atoms with E-state index in [9.17, 15) is 9.90 Å². The monoisotopic (exact) mass is 278 g/mol. The molecule has 98 valence electrons. The molecule has 1 aromatic heterocycles. The summed E-state index contributed by atoms with van der Waals surface area (Å²) in [5.74, 6) is -0.135. The fourth-order valence-corrected chi connectivity index (χ4v) is 1.81. The molecule has 0 bridgehead atoms. The van der Waals surface area contributed by atoms with Crippen molar-refractivity contribution in [2.24, 2.45) is 11.1 Å². The number of halogens is 1. The normalized spacial score (nSPS) is 12.7. The van der Waals surface area contributed by atoms with Crippen LogP contribution in [-0.4, -0.2) is 24.1 Å². The third-order valence-electron chi connectivity index (χ3n) is 2.51. The Balaban J connectivity index is 0.00000256. The summed E-state index contributed by atoms with van der Waals surface area (Å²) in [6.45, 7) is 4.06. The molecule has 0 spiro atoms. The predicted octanol–water partition coefficient (Wildman–Crippen LogP) is 1.30. The average molecular weight is 279 g/mol. The fourth-order valence-electron chi connectivity index (χ4n) is 1.10. The SMILES string of the molecule is CC(C)(CN)C(=O)NCC(O)c1ccsc1.Cl. The highest BCUT2D eigenvalue weighted by atomic mass is 35.5. The summed E-state index contributed by atoms with van der Waals surface area (Å²) >= 11 is 1.52. The third kappa shape index (κ3) is 4.63. The Bertz CT molecular complexity index is 341. The maximum Gasteiger partial charge on any atom is 0.227 e. The molecule has 6 heteroatoms. The van der Waals surface area contributed by atoms with E-state index in [0.717, 1.165) is 5.56 Å². The van der Waals surface area contributed by atoms with E-state index in [2.05, 4.69) is 5.32 Å². The van der Waals surface area contributed by atoms with E-state index in [0.29, 0.717) is 0 Å². The van der Waals surface area contributed by atoms with Gasteiger partial charge in [0.1, 0.15) is 0 Å². The number of carbonyl (C=O) groups is 1. The van der Waals surface area contributed by atoms with Crippen LogP contribution in [-0.2, 0) is 4.79 Å². The Kier molecular flexibility index (Phi) is 6.70. The summed E-state index contributed by atoms with van der Waals surface area (Å²) in [5, 5.41) is 16.2. The van der Waals surface area contributed by atoms with Crippen LogP contribution >= 0.6 is 23.7 Å². The number of aliphatic hydroxyl groups excluding tert-OH is 1. The van der Waals surface area contributed by atoms with Gasteiger partial charge in [0.2, 0.25) is 5.91 Å². The van der Waals surface area contributed by atoms with E-state index in [1.807, 2.05) is 16.8 Å². The molecule has 1 amide bonds. The molecule has 0 aliphatic carbocycles. The smallest absolute Gasteiger partial charge is 0.227 e. The number of thiophene rings is 1. The summed E-state index contributed by atoms with van der Waals surface area (Å²) < 4.78 is 0. The van der Waals surface area contributed by atoms with Crippen LogP contribution in [0.2, 0.25) is 0 Å². The van der Waals surface area contributed by atoms with Gasteiger partial charge in [-0.05, 0) is 36.2 Å². The summed E-state index contributed by atoms with van der Waals surface area (Å²) in [5.41, 5.74) is 5.73. The Labute approximate surface area is 112 Å². The number of aliphatic hydroxyl groups is 1. The first kappa shape index (κ1) is 16.4. The van der Waals surface area contributed by atoms with Gasteiger partial charge in [-0.15, -0.1) is 12.4 Å². The number of amides is 1. The highest BCUT2D eigenvalue weighted by Crippen LogP contribution is 2.16. The zero-order valence-corrected chi connectivity index (χ0v) is 11.6. The van der Waals surface area contributed by atoms with Crippen LogP contribution in [0.3, 0.4) is 0 Å². The van der Waals surface area contributed by atoms with Crippen molar-refractivity contribution in [3.63, 3.8) is 0 Å². The maximum absolute atomic E-state index is 11.7. The number of nitrogens with two attached hydrogens (primary N) is 1. The van der Waals surface area contributed by atoms with Crippen molar-refractivity contribution in [2.75, 3.05) is 13.1 Å². The topological polar surface area (TPSA) is 75.4 Å². The quantitative estimate of drug-likeness (QED) is 0.760. The Hall–Kier alpha value is -0.620. The molecule has 0 fully saturated rings. The molecule has 0 aliphatic rings. The van der Waals surface area contributed by atoms with Crippen LogP contribution in [0, 0.1) is 5.41 Å². The van der Waals surface area contributed by atoms with Crippen molar-refractivity contribution in [1.29, 1.82) is 0 Å². The van der Waals surface area contributed by atoms with Crippen LogP contribution in [0.15, 0.2) is 16.8 Å². The highest BCUT2D eigenvalue weighted by Gasteiger charge is 2.25. The van der Waals surface area contributed by atoms with E-state index in [4.69, 9.17) is 5.73 Å². The number of carbonyl (C=O) groups excluding carboxylic acids is 1. The second-order valence-corrected chi connectivity index (χ2v) is 5.15. The first-order chi connectivity index (χ1) is 7.47. The fraction of sp³-hybridized carbons (Fsp3) is 0.545. The predicted molar refractivity (Wildman–Crippen MR) is 72.4 cm³/mol. The van der Waals surface area contributed by atoms with Gasteiger partial charge >= 0.3 is 0 Å². The van der Waals surface area contributed by atoms with Crippen LogP contribution in [0.4, 0.5) is 0 Å². The molecule has 0 aliphatic heterocycles. The molecule has 0 saturated heterocycles. The van der Waals surface area contributed by atoms with Crippen molar-refractivity contribution < 1.29 is 9.90 Å². The maximum atomic E-state index is 11.7. The molecular formula is C11H19ClN2O2S. The van der Waals surface area contributed by atoms with Crippen molar-refractivity contribution >= 4 is 29.7 Å². The van der Waals surface area contributed by atoms with Crippen LogP contribution in [0.1, 0.15) is 25.5 Å². The van der Waals surface area contributed by atoms with E-state index in [1.54, 1.807) is 13.8 Å². The van der Waals surface area contributed by atoms with Crippen molar-refractivity contribution in [3.05, 3.63) is 22.4 Å². The molecule has 0 saturated carbocycles. The molecule has 4 nitrogen and oxygen atoms in total. The second kappa shape index (κ2) is 6.96. The molecule has 17 heavy (non-hydrogen) atoms. The minimum absolute atomic E-state index is 0. The minimum atomic E-state index is -0.649. The molecule has 0 aromatic carbocycles. The summed E-state index contributed by atoms with van der Waals surface area (Å²) in [7, 11) is 0. The van der Waals surface area contributed by atoms with E-state index in [-0.39, 0.29) is 31.4 Å². The Morgan fingerprint density at radius 2 is 2.29 bits per heavy atom. The van der Waals surface area contributed by atoms with Gasteiger partial charge < -0.3 is 16.2 Å². The lowest BCUT2D eigenvalue weighted by Gasteiger charge is -2.22. The highest BCUT2D eigenvalue weighted by molar-refractivity contribution is 7.07. The van der Waals surface area contributed by atoms with Gasteiger partial charge in [-0.25, -0.2) is 0 Å². The molecule has 1 unspecified atom stereocenters. The molecular weight excluding hydrogens is 260 g/mol. The number of rotatable bonds is 5. The Morgan fingerprint density at radius 3 is 2.76 bits per heavy atom. The van der Waals surface area contributed by atoms with Gasteiger partial charge in [0.25, 0.3) is 0 Å². The Morgan fingerprint density at radius 1 is 1.65 bits per heavy atom. The summed E-state index contributed by atoms with van der Waals surface area (Å²) in [4.78, 5) is 11.7. The third-order valence-corrected chi connectivity index (χ3v) is 3.21. The lowest BCUT2D eigenvalue weighted by molar-refractivity contribution is -0.129. The minimum Gasteiger partial charge on any atom is -0.387 e. The standard InChI is InChI=1S/C11H18N2O2S.ClH/c1-11(2,7-12)10(15)13-5-9(14)8-3-4-16-6-8;/h3-4,6,9,14H,5,7,12H2,1-2H3,(H,13,15);1H. The number of hydrogen-bond donors (Lipinski definition) is 3. The molecule has 1 heterocycles. The lowest BCUT2D eigenvalue weighted by atomic mass is 9.92. The van der Waals surface area contributed by atoms with Crippen molar-refractivity contribution in [3.8, 4) is 0 Å². The van der Waals surface area contributed by atoms with Gasteiger partial charge in [-0.2, -0.15) is 11.3 Å². The zero-order valence-electron chi connectivity index (χ0n) is 9.97. The average Bonchev–Trinajstić information content (AvgIpc) is 2.78. The lowest BCUT2D eigenvalue weighted by Crippen LogP contribution is -2.43. The van der Waals surface area contributed by atoms with Crippen LogP contribution < -0.4 is 11.1 Å². The van der Waals surface area contributed by atoms with Crippen molar-refractivity contribution in [1.82, 2.24) is 5.32 Å². The zero-order chi connectivity index (χ0) is 12.2. The molecule has 0 radical (unpaired) electrons. The first-order valence-electron chi connectivity index (χ1n) is 5.16. The number of hydrogen-bond acceptors (Lipinski definition) is 4. The van der Waals surface area contributed by atoms with E-state index in [1.165, 1.54) is 11.3 Å². The molecule has 4 N–H and O–H groups in total. The van der Waals surface area contributed by atoms with Gasteiger partial charge in [0.15, 0.2) is 0 Å². The van der Waals surface area contributed by atoms with Crippen LogP contribution in [0.5, 0.6) is 0 Å². The van der Waals surface area contributed by atoms with Gasteiger partial charge in [0, 0.05) is 13.1 Å².